The number of nitrogens with zero attached hydrogens (tertiary/aromatic N) is 3. The van der Waals surface area contributed by atoms with Crippen molar-refractivity contribution in [2.75, 3.05) is 6.61 Å². The molecule has 2 aromatic carbocycles. The standard InChI is InChI=1S/C24H23N3O2/c1-3-29-24(28)20(16-18-10-6-4-7-11-18)21-14-15-25-23-22(17(2)26-27(21)23)19-12-8-5-9-13-19/h4-15,20H,3,16H2,1-2H3. The van der Waals surface area contributed by atoms with Crippen molar-refractivity contribution in [1.82, 2.24) is 14.6 Å². The molecule has 5 nitrogen and oxygen atoms in total. The molecule has 4 aromatic rings. The average molecular weight is 385 g/mol. The Balaban J connectivity index is 1.85. The van der Waals surface area contributed by atoms with Crippen molar-refractivity contribution < 1.29 is 9.53 Å². The molecule has 0 bridgehead atoms. The molecule has 1 atom stereocenters. The van der Waals surface area contributed by atoms with Gasteiger partial charge in [-0.1, -0.05) is 60.7 Å². The number of hydrogen-bond acceptors (Lipinski definition) is 4. The number of benzene rings is 2. The molecule has 0 saturated carbocycles. The Hall–Kier alpha value is -3.47. The van der Waals surface area contributed by atoms with Gasteiger partial charge in [0.1, 0.15) is 5.92 Å². The van der Waals surface area contributed by atoms with Crippen LogP contribution in [0.4, 0.5) is 0 Å². The molecule has 0 aliphatic rings. The normalized spacial score (nSPS) is 12.1. The van der Waals surface area contributed by atoms with Gasteiger partial charge in [-0.3, -0.25) is 4.79 Å². The predicted molar refractivity (Wildman–Crippen MR) is 113 cm³/mol. The van der Waals surface area contributed by atoms with Crippen LogP contribution in [0.25, 0.3) is 16.8 Å². The highest BCUT2D eigenvalue weighted by atomic mass is 16.5. The third-order valence-corrected chi connectivity index (χ3v) is 5.00. The molecule has 0 aliphatic heterocycles. The summed E-state index contributed by atoms with van der Waals surface area (Å²) in [7, 11) is 0. The van der Waals surface area contributed by atoms with Gasteiger partial charge in [0.25, 0.3) is 0 Å². The van der Waals surface area contributed by atoms with Gasteiger partial charge in [0.05, 0.1) is 18.0 Å². The van der Waals surface area contributed by atoms with Crippen LogP contribution in [0, 0.1) is 6.92 Å². The minimum atomic E-state index is -0.467. The first-order chi connectivity index (χ1) is 14.2. The van der Waals surface area contributed by atoms with Gasteiger partial charge < -0.3 is 4.74 Å². The Bertz CT molecular complexity index is 1120. The zero-order chi connectivity index (χ0) is 20.2. The Morgan fingerprint density at radius 2 is 1.72 bits per heavy atom. The number of aromatic nitrogens is 3. The van der Waals surface area contributed by atoms with Crippen LogP contribution in [0.15, 0.2) is 72.9 Å². The predicted octanol–water partition coefficient (Wildman–Crippen LogP) is 4.59. The van der Waals surface area contributed by atoms with Crippen LogP contribution < -0.4 is 0 Å². The first-order valence-corrected chi connectivity index (χ1v) is 9.79. The van der Waals surface area contributed by atoms with E-state index in [2.05, 4.69) is 4.98 Å². The fourth-order valence-corrected chi connectivity index (χ4v) is 3.68. The fourth-order valence-electron chi connectivity index (χ4n) is 3.68. The Labute approximate surface area is 170 Å². The number of esters is 1. The van der Waals surface area contributed by atoms with Crippen LogP contribution in [-0.2, 0) is 16.0 Å². The molecule has 0 N–H and O–H groups in total. The smallest absolute Gasteiger partial charge is 0.315 e. The Morgan fingerprint density at radius 1 is 1.03 bits per heavy atom. The summed E-state index contributed by atoms with van der Waals surface area (Å²) in [6.07, 6.45) is 2.29. The molecule has 0 spiro atoms. The van der Waals surface area contributed by atoms with E-state index in [1.807, 2.05) is 80.6 Å². The van der Waals surface area contributed by atoms with E-state index < -0.39 is 5.92 Å². The second kappa shape index (κ2) is 8.27. The van der Waals surface area contributed by atoms with Crippen molar-refractivity contribution in [3.63, 3.8) is 0 Å². The second-order valence-corrected chi connectivity index (χ2v) is 6.93. The average Bonchev–Trinajstić information content (AvgIpc) is 3.09. The van der Waals surface area contributed by atoms with Crippen LogP contribution >= 0.6 is 0 Å². The lowest BCUT2D eigenvalue weighted by molar-refractivity contribution is -0.145. The molecule has 0 saturated heterocycles. The second-order valence-electron chi connectivity index (χ2n) is 6.93. The SMILES string of the molecule is CCOC(=O)C(Cc1ccccc1)c1ccnc2c(-c3ccccc3)c(C)nn12. The molecule has 1 unspecified atom stereocenters. The molecule has 2 aromatic heterocycles. The molecule has 5 heteroatoms. The van der Waals surface area contributed by atoms with Crippen molar-refractivity contribution in [3.05, 3.63) is 89.9 Å². The molecule has 0 fully saturated rings. The molecule has 0 aliphatic carbocycles. The quantitative estimate of drug-likeness (QED) is 0.455. The molecule has 2 heterocycles. The highest BCUT2D eigenvalue weighted by Gasteiger charge is 2.27. The van der Waals surface area contributed by atoms with Gasteiger partial charge in [-0.15, -0.1) is 0 Å². The maximum Gasteiger partial charge on any atom is 0.315 e. The van der Waals surface area contributed by atoms with Gasteiger partial charge in [0.2, 0.25) is 0 Å². The number of hydrogen-bond donors (Lipinski definition) is 0. The first-order valence-electron chi connectivity index (χ1n) is 9.79. The lowest BCUT2D eigenvalue weighted by Gasteiger charge is -2.17. The maximum absolute atomic E-state index is 12.9. The number of fused-ring (bicyclic) bond motifs is 1. The molecule has 0 amide bonds. The fraction of sp³-hybridized carbons (Fsp3) is 0.208. The lowest BCUT2D eigenvalue weighted by atomic mass is 9.96. The Kier molecular flexibility index (Phi) is 5.38. The summed E-state index contributed by atoms with van der Waals surface area (Å²) < 4.78 is 7.19. The summed E-state index contributed by atoms with van der Waals surface area (Å²) in [6, 6.07) is 21.9. The largest absolute Gasteiger partial charge is 0.465 e. The first kappa shape index (κ1) is 18.9. The minimum Gasteiger partial charge on any atom is -0.465 e. The van der Waals surface area contributed by atoms with E-state index in [9.17, 15) is 4.79 Å². The van der Waals surface area contributed by atoms with Crippen LogP contribution in [0.5, 0.6) is 0 Å². The van der Waals surface area contributed by atoms with Gasteiger partial charge in [-0.25, -0.2) is 9.50 Å². The topological polar surface area (TPSA) is 56.5 Å². The van der Waals surface area contributed by atoms with Crippen molar-refractivity contribution >= 4 is 11.6 Å². The van der Waals surface area contributed by atoms with E-state index in [1.165, 1.54) is 0 Å². The van der Waals surface area contributed by atoms with Gasteiger partial charge in [0, 0.05) is 11.8 Å². The van der Waals surface area contributed by atoms with Crippen molar-refractivity contribution in [2.24, 2.45) is 0 Å². The summed E-state index contributed by atoms with van der Waals surface area (Å²) in [5, 5.41) is 4.74. The van der Waals surface area contributed by atoms with Crippen LogP contribution in [-0.4, -0.2) is 27.2 Å². The molecule has 146 valence electrons. The zero-order valence-electron chi connectivity index (χ0n) is 16.6. The van der Waals surface area contributed by atoms with E-state index in [1.54, 1.807) is 10.7 Å². The molecular formula is C24H23N3O2. The van der Waals surface area contributed by atoms with E-state index in [0.29, 0.717) is 13.0 Å². The summed E-state index contributed by atoms with van der Waals surface area (Å²) in [5.41, 5.74) is 5.51. The van der Waals surface area contributed by atoms with Crippen LogP contribution in [0.1, 0.15) is 29.8 Å². The molecule has 29 heavy (non-hydrogen) atoms. The van der Waals surface area contributed by atoms with Gasteiger partial charge in [-0.05, 0) is 37.5 Å². The van der Waals surface area contributed by atoms with Crippen molar-refractivity contribution in [1.29, 1.82) is 0 Å². The summed E-state index contributed by atoms with van der Waals surface area (Å²) in [5.74, 6) is -0.718. The zero-order valence-corrected chi connectivity index (χ0v) is 16.6. The van der Waals surface area contributed by atoms with E-state index in [4.69, 9.17) is 9.84 Å². The highest BCUT2D eigenvalue weighted by Crippen LogP contribution is 2.30. The summed E-state index contributed by atoms with van der Waals surface area (Å²) >= 11 is 0. The number of carbonyl (C=O) groups excluding carboxylic acids is 1. The van der Waals surface area contributed by atoms with Crippen molar-refractivity contribution in [3.8, 4) is 11.1 Å². The van der Waals surface area contributed by atoms with E-state index in [-0.39, 0.29) is 5.97 Å². The van der Waals surface area contributed by atoms with Crippen LogP contribution in [0.2, 0.25) is 0 Å². The van der Waals surface area contributed by atoms with Gasteiger partial charge >= 0.3 is 5.97 Å². The minimum absolute atomic E-state index is 0.252. The number of aryl methyl sites for hydroxylation is 1. The van der Waals surface area contributed by atoms with Crippen molar-refractivity contribution in [2.45, 2.75) is 26.2 Å². The third-order valence-electron chi connectivity index (χ3n) is 5.00. The highest BCUT2D eigenvalue weighted by molar-refractivity contribution is 5.82. The number of carbonyl (C=O) groups is 1. The maximum atomic E-state index is 12.9. The van der Waals surface area contributed by atoms with Gasteiger partial charge in [-0.2, -0.15) is 5.10 Å². The number of ether oxygens (including phenoxy) is 1. The molecule has 0 radical (unpaired) electrons. The van der Waals surface area contributed by atoms with E-state index in [0.717, 1.165) is 33.7 Å². The number of rotatable bonds is 6. The van der Waals surface area contributed by atoms with Gasteiger partial charge in [0.15, 0.2) is 5.65 Å². The lowest BCUT2D eigenvalue weighted by Crippen LogP contribution is -2.21. The Morgan fingerprint density at radius 3 is 2.41 bits per heavy atom. The third kappa shape index (κ3) is 3.76. The summed E-state index contributed by atoms with van der Waals surface area (Å²) in [4.78, 5) is 17.5. The van der Waals surface area contributed by atoms with E-state index >= 15 is 0 Å². The summed E-state index contributed by atoms with van der Waals surface area (Å²) in [6.45, 7) is 4.13. The molecule has 4 rings (SSSR count). The molecular weight excluding hydrogens is 362 g/mol. The van der Waals surface area contributed by atoms with Crippen LogP contribution in [0.3, 0.4) is 0 Å². The monoisotopic (exact) mass is 385 g/mol.